The Hall–Kier alpha value is -2.34. The normalized spacial score (nSPS) is 18.0. The van der Waals surface area contributed by atoms with Crippen molar-refractivity contribution in [1.29, 1.82) is 0 Å². The van der Waals surface area contributed by atoms with Crippen LogP contribution in [0.2, 0.25) is 0 Å². The summed E-state index contributed by atoms with van der Waals surface area (Å²) in [5, 5.41) is 7.18. The van der Waals surface area contributed by atoms with Gasteiger partial charge in [0.1, 0.15) is 5.69 Å². The molecule has 1 aliphatic rings. The number of H-pyrrole nitrogens is 1. The first-order valence-corrected chi connectivity index (χ1v) is 8.20. The van der Waals surface area contributed by atoms with Gasteiger partial charge in [0.2, 0.25) is 0 Å². The number of rotatable bonds is 3. The number of aromatic nitrogens is 2. The Morgan fingerprint density at radius 2 is 2.32 bits per heavy atom. The topological polar surface area (TPSA) is 61.0 Å². The molecular weight excluding hydrogens is 296 g/mol. The first-order chi connectivity index (χ1) is 10.8. The summed E-state index contributed by atoms with van der Waals surface area (Å²) in [6.07, 6.45) is 2.77. The van der Waals surface area contributed by atoms with Crippen LogP contribution in [0.4, 0.5) is 5.13 Å². The lowest BCUT2D eigenvalue weighted by atomic mass is 10.2. The van der Waals surface area contributed by atoms with Gasteiger partial charge in [-0.05, 0) is 18.6 Å². The third-order valence-corrected chi connectivity index (χ3v) is 4.82. The maximum absolute atomic E-state index is 12.4. The molecule has 0 spiro atoms. The van der Waals surface area contributed by atoms with Crippen molar-refractivity contribution in [2.75, 3.05) is 18.0 Å². The van der Waals surface area contributed by atoms with E-state index in [1.165, 1.54) is 0 Å². The summed E-state index contributed by atoms with van der Waals surface area (Å²) in [6, 6.07) is 9.99. The molecule has 3 heterocycles. The number of nitrogens with one attached hydrogen (secondary N) is 2. The maximum atomic E-state index is 12.4. The molecule has 2 aromatic heterocycles. The molecule has 0 radical (unpaired) electrons. The first-order valence-electron chi connectivity index (χ1n) is 7.33. The van der Waals surface area contributed by atoms with Gasteiger partial charge in [-0.3, -0.25) is 4.79 Å². The smallest absolute Gasteiger partial charge is 0.268 e. The molecule has 6 heteroatoms. The number of carbonyl (C=O) groups is 1. The molecule has 1 fully saturated rings. The van der Waals surface area contributed by atoms with Gasteiger partial charge in [-0.15, -0.1) is 11.3 Å². The third-order valence-electron chi connectivity index (χ3n) is 3.99. The van der Waals surface area contributed by atoms with Crippen molar-refractivity contribution in [2.24, 2.45) is 0 Å². The average Bonchev–Trinajstić information content (AvgIpc) is 3.26. The molecular formula is C16H16N4OS. The van der Waals surface area contributed by atoms with Crippen LogP contribution in [0, 0.1) is 0 Å². The van der Waals surface area contributed by atoms with E-state index in [-0.39, 0.29) is 11.9 Å². The van der Waals surface area contributed by atoms with Crippen LogP contribution in [0.15, 0.2) is 41.9 Å². The number of amides is 1. The van der Waals surface area contributed by atoms with E-state index in [1.807, 2.05) is 41.9 Å². The molecule has 3 aromatic rings. The van der Waals surface area contributed by atoms with Crippen LogP contribution in [0.3, 0.4) is 0 Å². The maximum Gasteiger partial charge on any atom is 0.268 e. The molecule has 1 unspecified atom stereocenters. The molecule has 1 saturated heterocycles. The molecule has 0 bridgehead atoms. The minimum Gasteiger partial charge on any atom is -0.351 e. The highest BCUT2D eigenvalue weighted by atomic mass is 32.1. The number of aromatic amines is 1. The van der Waals surface area contributed by atoms with Crippen LogP contribution in [-0.4, -0.2) is 35.0 Å². The second-order valence-electron chi connectivity index (χ2n) is 5.49. The van der Waals surface area contributed by atoms with Gasteiger partial charge in [0.25, 0.3) is 5.91 Å². The first kappa shape index (κ1) is 13.3. The fourth-order valence-corrected chi connectivity index (χ4v) is 3.56. The third kappa shape index (κ3) is 2.46. The zero-order chi connectivity index (χ0) is 14.9. The molecule has 1 atom stereocenters. The van der Waals surface area contributed by atoms with E-state index in [4.69, 9.17) is 0 Å². The Morgan fingerprint density at radius 1 is 1.41 bits per heavy atom. The lowest BCUT2D eigenvalue weighted by Gasteiger charge is -2.15. The van der Waals surface area contributed by atoms with Gasteiger partial charge in [0.15, 0.2) is 5.13 Å². The van der Waals surface area contributed by atoms with E-state index >= 15 is 0 Å². The fraction of sp³-hybridized carbons (Fsp3) is 0.250. The Balaban J connectivity index is 1.44. The molecule has 5 nitrogen and oxygen atoms in total. The van der Waals surface area contributed by atoms with E-state index in [0.717, 1.165) is 35.5 Å². The minimum atomic E-state index is -0.0396. The highest BCUT2D eigenvalue weighted by molar-refractivity contribution is 7.13. The number of thiazole rings is 1. The summed E-state index contributed by atoms with van der Waals surface area (Å²) >= 11 is 1.64. The fourth-order valence-electron chi connectivity index (χ4n) is 2.88. The van der Waals surface area contributed by atoms with Crippen molar-refractivity contribution in [3.05, 3.63) is 47.6 Å². The number of nitrogens with zero attached hydrogens (tertiary/aromatic N) is 2. The molecule has 0 saturated carbocycles. The summed E-state index contributed by atoms with van der Waals surface area (Å²) in [5.41, 5.74) is 1.61. The molecule has 4 rings (SSSR count). The molecule has 1 amide bonds. The Bertz CT molecular complexity index is 762. The molecule has 1 aliphatic heterocycles. The monoisotopic (exact) mass is 312 g/mol. The zero-order valence-electron chi connectivity index (χ0n) is 12.0. The molecule has 22 heavy (non-hydrogen) atoms. The van der Waals surface area contributed by atoms with Crippen molar-refractivity contribution in [1.82, 2.24) is 15.3 Å². The predicted molar refractivity (Wildman–Crippen MR) is 88.5 cm³/mol. The van der Waals surface area contributed by atoms with Gasteiger partial charge < -0.3 is 15.2 Å². The minimum absolute atomic E-state index is 0.0396. The van der Waals surface area contributed by atoms with Crippen LogP contribution in [-0.2, 0) is 0 Å². The lowest BCUT2D eigenvalue weighted by Crippen LogP contribution is -2.37. The second kappa shape index (κ2) is 5.46. The number of benzene rings is 1. The van der Waals surface area contributed by atoms with Crippen LogP contribution in [0.25, 0.3) is 10.9 Å². The van der Waals surface area contributed by atoms with E-state index in [9.17, 15) is 4.79 Å². The van der Waals surface area contributed by atoms with Gasteiger partial charge in [0, 0.05) is 41.6 Å². The Kier molecular flexibility index (Phi) is 3.31. The van der Waals surface area contributed by atoms with Crippen LogP contribution >= 0.6 is 11.3 Å². The number of anilines is 1. The lowest BCUT2D eigenvalue weighted by molar-refractivity contribution is 0.0936. The van der Waals surface area contributed by atoms with Gasteiger partial charge in [-0.1, -0.05) is 18.2 Å². The van der Waals surface area contributed by atoms with E-state index in [0.29, 0.717) is 5.69 Å². The van der Waals surface area contributed by atoms with E-state index in [2.05, 4.69) is 20.2 Å². The summed E-state index contributed by atoms with van der Waals surface area (Å²) in [5.74, 6) is -0.0396. The predicted octanol–water partition coefficient (Wildman–Crippen LogP) is 2.63. The van der Waals surface area contributed by atoms with E-state index in [1.54, 1.807) is 11.3 Å². The largest absolute Gasteiger partial charge is 0.351 e. The zero-order valence-corrected chi connectivity index (χ0v) is 12.8. The standard InChI is InChI=1S/C16H16N4OS/c21-15(14-9-11-3-1-2-4-13(11)19-14)18-12-5-7-20(10-12)16-17-6-8-22-16/h1-4,6,8-9,12,19H,5,7,10H2,(H,18,21). The average molecular weight is 312 g/mol. The van der Waals surface area contributed by atoms with Crippen LogP contribution < -0.4 is 10.2 Å². The van der Waals surface area contributed by atoms with Gasteiger partial charge in [-0.25, -0.2) is 4.98 Å². The molecule has 112 valence electrons. The summed E-state index contributed by atoms with van der Waals surface area (Å²) in [4.78, 5) is 22.1. The van der Waals surface area contributed by atoms with Crippen molar-refractivity contribution in [2.45, 2.75) is 12.5 Å². The number of hydrogen-bond acceptors (Lipinski definition) is 4. The SMILES string of the molecule is O=C(NC1CCN(c2nccs2)C1)c1cc2ccccc2[nH]1. The van der Waals surface area contributed by atoms with Crippen molar-refractivity contribution < 1.29 is 4.79 Å². The van der Waals surface area contributed by atoms with Gasteiger partial charge >= 0.3 is 0 Å². The molecule has 1 aromatic carbocycles. The van der Waals surface area contributed by atoms with Crippen LogP contribution in [0.5, 0.6) is 0 Å². The molecule has 2 N–H and O–H groups in total. The van der Waals surface area contributed by atoms with Crippen molar-refractivity contribution in [3.8, 4) is 0 Å². The van der Waals surface area contributed by atoms with E-state index < -0.39 is 0 Å². The number of fused-ring (bicyclic) bond motifs is 1. The summed E-state index contributed by atoms with van der Waals surface area (Å²) in [6.45, 7) is 1.75. The van der Waals surface area contributed by atoms with Gasteiger partial charge in [0.05, 0.1) is 0 Å². The Labute approximate surface area is 132 Å². The van der Waals surface area contributed by atoms with Gasteiger partial charge in [-0.2, -0.15) is 0 Å². The molecule has 0 aliphatic carbocycles. The second-order valence-corrected chi connectivity index (χ2v) is 6.36. The summed E-state index contributed by atoms with van der Waals surface area (Å²) < 4.78 is 0. The summed E-state index contributed by atoms with van der Waals surface area (Å²) in [7, 11) is 0. The quantitative estimate of drug-likeness (QED) is 0.781. The van der Waals surface area contributed by atoms with Crippen molar-refractivity contribution >= 4 is 33.3 Å². The number of para-hydroxylation sites is 1. The van der Waals surface area contributed by atoms with Crippen LogP contribution in [0.1, 0.15) is 16.9 Å². The number of carbonyl (C=O) groups excluding carboxylic acids is 1. The van der Waals surface area contributed by atoms with Crippen molar-refractivity contribution in [3.63, 3.8) is 0 Å². The highest BCUT2D eigenvalue weighted by Gasteiger charge is 2.26. The Morgan fingerprint density at radius 3 is 3.14 bits per heavy atom. The highest BCUT2D eigenvalue weighted by Crippen LogP contribution is 2.22. The number of hydrogen-bond donors (Lipinski definition) is 2.